The van der Waals surface area contributed by atoms with Crippen LogP contribution in [0.2, 0.25) is 0 Å². The fraction of sp³-hybridized carbons (Fsp3) is 0. The fourth-order valence-electron chi connectivity index (χ4n) is 1.16. The highest BCUT2D eigenvalue weighted by molar-refractivity contribution is 5.55. The lowest BCUT2D eigenvalue weighted by Crippen LogP contribution is -1.94. The summed E-state index contributed by atoms with van der Waals surface area (Å²) >= 11 is 0. The Morgan fingerprint density at radius 2 is 1.87 bits per heavy atom. The van der Waals surface area contributed by atoms with Crippen LogP contribution in [0.4, 0.5) is 20.3 Å². The molecule has 0 radical (unpaired) electrons. The molecule has 0 atom stereocenters. The maximum Gasteiger partial charge on any atom is 0.160 e. The van der Waals surface area contributed by atoms with E-state index in [4.69, 9.17) is 0 Å². The Hall–Kier alpha value is -1.97. The van der Waals surface area contributed by atoms with Gasteiger partial charge in [-0.1, -0.05) is 6.07 Å². The van der Waals surface area contributed by atoms with E-state index in [2.05, 4.69) is 10.3 Å². The number of nitrogens with zero attached hydrogens (tertiary/aromatic N) is 1. The number of benzene rings is 1. The van der Waals surface area contributed by atoms with Gasteiger partial charge in [-0.15, -0.1) is 0 Å². The molecule has 2 nitrogen and oxygen atoms in total. The normalized spacial score (nSPS) is 10.0. The summed E-state index contributed by atoms with van der Waals surface area (Å²) in [5.74, 6) is -1.15. The highest BCUT2D eigenvalue weighted by Gasteiger charge is 2.02. The van der Waals surface area contributed by atoms with E-state index < -0.39 is 11.6 Å². The zero-order valence-electron chi connectivity index (χ0n) is 7.74. The minimum absolute atomic E-state index is 0.465. The molecule has 15 heavy (non-hydrogen) atoms. The van der Waals surface area contributed by atoms with Crippen LogP contribution < -0.4 is 5.32 Å². The van der Waals surface area contributed by atoms with Crippen LogP contribution in [0.15, 0.2) is 42.6 Å². The average molecular weight is 206 g/mol. The van der Waals surface area contributed by atoms with Crippen molar-refractivity contribution in [1.82, 2.24) is 4.98 Å². The Morgan fingerprint density at radius 3 is 2.53 bits per heavy atom. The molecule has 4 heteroatoms. The quantitative estimate of drug-likeness (QED) is 0.816. The van der Waals surface area contributed by atoms with Crippen LogP contribution in [0.1, 0.15) is 0 Å². The summed E-state index contributed by atoms with van der Waals surface area (Å²) in [4.78, 5) is 4.00. The van der Waals surface area contributed by atoms with Gasteiger partial charge in [-0.3, -0.25) is 0 Å². The van der Waals surface area contributed by atoms with Crippen molar-refractivity contribution in [3.05, 3.63) is 54.2 Å². The molecule has 0 saturated heterocycles. The molecule has 76 valence electrons. The molecular weight excluding hydrogens is 198 g/mol. The predicted molar refractivity (Wildman–Crippen MR) is 53.9 cm³/mol. The molecule has 0 bridgehead atoms. The smallest absolute Gasteiger partial charge is 0.160 e. The van der Waals surface area contributed by atoms with E-state index in [1.807, 2.05) is 0 Å². The van der Waals surface area contributed by atoms with Crippen LogP contribution in [0, 0.1) is 11.6 Å². The van der Waals surface area contributed by atoms with Gasteiger partial charge in [-0.25, -0.2) is 13.8 Å². The van der Waals surface area contributed by atoms with Crippen molar-refractivity contribution in [3.8, 4) is 0 Å². The third-order valence-corrected chi connectivity index (χ3v) is 1.86. The van der Waals surface area contributed by atoms with Gasteiger partial charge in [0.15, 0.2) is 11.6 Å². The molecule has 2 aromatic rings. The standard InChI is InChI=1S/C11H8F2N2/c12-9-5-4-8(7-10(9)13)15-11-3-1-2-6-14-11/h1-7H,(H,14,15). The molecule has 1 heterocycles. The highest BCUT2D eigenvalue weighted by atomic mass is 19.2. The number of hydrogen-bond donors (Lipinski definition) is 1. The van der Waals surface area contributed by atoms with E-state index in [9.17, 15) is 8.78 Å². The van der Waals surface area contributed by atoms with Crippen LogP contribution in [0.5, 0.6) is 0 Å². The minimum atomic E-state index is -0.879. The molecule has 0 unspecified atom stereocenters. The molecule has 0 aliphatic heterocycles. The molecule has 0 fully saturated rings. The van der Waals surface area contributed by atoms with Crippen molar-refractivity contribution in [1.29, 1.82) is 0 Å². The topological polar surface area (TPSA) is 24.9 Å². The Bertz CT molecular complexity index is 457. The summed E-state index contributed by atoms with van der Waals surface area (Å²) in [5, 5.41) is 2.85. The summed E-state index contributed by atoms with van der Waals surface area (Å²) < 4.78 is 25.5. The minimum Gasteiger partial charge on any atom is -0.340 e. The first kappa shape index (κ1) is 9.58. The van der Waals surface area contributed by atoms with Crippen molar-refractivity contribution in [3.63, 3.8) is 0 Å². The van der Waals surface area contributed by atoms with Gasteiger partial charge < -0.3 is 5.32 Å². The first-order chi connectivity index (χ1) is 7.25. The van der Waals surface area contributed by atoms with Crippen molar-refractivity contribution in [2.24, 2.45) is 0 Å². The van der Waals surface area contributed by atoms with Crippen LogP contribution >= 0.6 is 0 Å². The maximum absolute atomic E-state index is 12.8. The van der Waals surface area contributed by atoms with Crippen molar-refractivity contribution in [2.75, 3.05) is 5.32 Å². The fourth-order valence-corrected chi connectivity index (χ4v) is 1.16. The van der Waals surface area contributed by atoms with E-state index in [0.717, 1.165) is 12.1 Å². The van der Waals surface area contributed by atoms with E-state index in [-0.39, 0.29) is 0 Å². The molecule has 0 spiro atoms. The van der Waals surface area contributed by atoms with Crippen molar-refractivity contribution < 1.29 is 8.78 Å². The number of rotatable bonds is 2. The zero-order valence-corrected chi connectivity index (χ0v) is 7.74. The Labute approximate surface area is 85.6 Å². The van der Waals surface area contributed by atoms with Gasteiger partial charge in [0.25, 0.3) is 0 Å². The third kappa shape index (κ3) is 2.28. The molecular formula is C11H8F2N2. The molecule has 1 aromatic heterocycles. The molecule has 1 N–H and O–H groups in total. The molecule has 0 aliphatic carbocycles. The summed E-state index contributed by atoms with van der Waals surface area (Å²) in [5.41, 5.74) is 0.465. The van der Waals surface area contributed by atoms with E-state index in [0.29, 0.717) is 11.5 Å². The molecule has 0 amide bonds. The van der Waals surface area contributed by atoms with Gasteiger partial charge >= 0.3 is 0 Å². The summed E-state index contributed by atoms with van der Waals surface area (Å²) in [7, 11) is 0. The molecule has 0 aliphatic rings. The average Bonchev–Trinajstić information content (AvgIpc) is 2.25. The van der Waals surface area contributed by atoms with Crippen molar-refractivity contribution in [2.45, 2.75) is 0 Å². The first-order valence-corrected chi connectivity index (χ1v) is 4.39. The van der Waals surface area contributed by atoms with Gasteiger partial charge in [0.2, 0.25) is 0 Å². The summed E-state index contributed by atoms with van der Waals surface area (Å²) in [6, 6.07) is 8.92. The van der Waals surface area contributed by atoms with E-state index in [1.54, 1.807) is 24.4 Å². The van der Waals surface area contributed by atoms with Crippen LogP contribution in [-0.4, -0.2) is 4.98 Å². The zero-order chi connectivity index (χ0) is 10.7. The highest BCUT2D eigenvalue weighted by Crippen LogP contribution is 2.16. The summed E-state index contributed by atoms with van der Waals surface area (Å²) in [6.07, 6.45) is 1.61. The Kier molecular flexibility index (Phi) is 2.58. The lowest BCUT2D eigenvalue weighted by molar-refractivity contribution is 0.509. The Morgan fingerprint density at radius 1 is 1.00 bits per heavy atom. The van der Waals surface area contributed by atoms with Crippen LogP contribution in [-0.2, 0) is 0 Å². The number of aromatic nitrogens is 1. The van der Waals surface area contributed by atoms with Gasteiger partial charge in [0, 0.05) is 18.0 Å². The second kappa shape index (κ2) is 4.04. The monoisotopic (exact) mass is 206 g/mol. The van der Waals surface area contributed by atoms with Crippen LogP contribution in [0.3, 0.4) is 0 Å². The lowest BCUT2D eigenvalue weighted by Gasteiger charge is -2.04. The van der Waals surface area contributed by atoms with E-state index in [1.165, 1.54) is 6.07 Å². The number of pyridine rings is 1. The second-order valence-electron chi connectivity index (χ2n) is 2.97. The predicted octanol–water partition coefficient (Wildman–Crippen LogP) is 3.10. The van der Waals surface area contributed by atoms with Crippen molar-refractivity contribution >= 4 is 11.5 Å². The van der Waals surface area contributed by atoms with Gasteiger partial charge in [-0.2, -0.15) is 0 Å². The van der Waals surface area contributed by atoms with E-state index >= 15 is 0 Å². The lowest BCUT2D eigenvalue weighted by atomic mass is 10.3. The second-order valence-corrected chi connectivity index (χ2v) is 2.97. The van der Waals surface area contributed by atoms with Gasteiger partial charge in [0.1, 0.15) is 5.82 Å². The molecule has 1 aromatic carbocycles. The molecule has 0 saturated carbocycles. The first-order valence-electron chi connectivity index (χ1n) is 4.39. The summed E-state index contributed by atoms with van der Waals surface area (Å²) in [6.45, 7) is 0. The SMILES string of the molecule is Fc1ccc(Nc2ccccn2)cc1F. The Balaban J connectivity index is 2.22. The third-order valence-electron chi connectivity index (χ3n) is 1.86. The number of nitrogens with one attached hydrogen (secondary N) is 1. The number of halogens is 2. The number of anilines is 2. The number of hydrogen-bond acceptors (Lipinski definition) is 2. The largest absolute Gasteiger partial charge is 0.340 e. The molecule has 2 rings (SSSR count). The van der Waals surface area contributed by atoms with Crippen LogP contribution in [0.25, 0.3) is 0 Å². The maximum atomic E-state index is 12.8. The van der Waals surface area contributed by atoms with Gasteiger partial charge in [0.05, 0.1) is 0 Å². The van der Waals surface area contributed by atoms with Gasteiger partial charge in [-0.05, 0) is 24.3 Å².